The summed E-state index contributed by atoms with van der Waals surface area (Å²) in [6.07, 6.45) is 1.02. The Morgan fingerprint density at radius 3 is 2.53 bits per heavy atom. The van der Waals surface area contributed by atoms with Gasteiger partial charge < -0.3 is 16.6 Å². The van der Waals surface area contributed by atoms with Crippen molar-refractivity contribution in [3.63, 3.8) is 0 Å². The molecule has 4 nitrogen and oxygen atoms in total. The highest BCUT2D eigenvalue weighted by molar-refractivity contribution is 5.75. The molecule has 0 heterocycles. The molecule has 4 heteroatoms. The van der Waals surface area contributed by atoms with Crippen molar-refractivity contribution >= 4 is 5.96 Å². The molecule has 0 aliphatic rings. The zero-order valence-corrected chi connectivity index (χ0v) is 8.63. The molecule has 0 radical (unpaired) electrons. The number of nitrogens with zero attached hydrogens (tertiary/aromatic N) is 1. The van der Waals surface area contributed by atoms with E-state index in [9.17, 15) is 5.11 Å². The molecule has 1 atom stereocenters. The topological polar surface area (TPSA) is 84.6 Å². The average molecular weight is 207 g/mol. The van der Waals surface area contributed by atoms with Gasteiger partial charge in [-0.05, 0) is 18.4 Å². The van der Waals surface area contributed by atoms with E-state index in [4.69, 9.17) is 11.5 Å². The fraction of sp³-hybridized carbons (Fsp3) is 0.364. The van der Waals surface area contributed by atoms with E-state index in [0.717, 1.165) is 6.42 Å². The molecule has 0 aliphatic heterocycles. The summed E-state index contributed by atoms with van der Waals surface area (Å²) < 4.78 is 0. The van der Waals surface area contributed by atoms with Gasteiger partial charge in [0.15, 0.2) is 5.96 Å². The standard InChI is InChI=1S/C11H17N3O/c12-11(13)14-8-10(15)7-6-9-4-2-1-3-5-9/h1-5,10,15H,6-8H2,(H4,12,13,14). The van der Waals surface area contributed by atoms with Gasteiger partial charge in [-0.15, -0.1) is 0 Å². The van der Waals surface area contributed by atoms with E-state index in [1.54, 1.807) is 0 Å². The minimum Gasteiger partial charge on any atom is -0.391 e. The molecule has 1 rings (SSSR count). The highest BCUT2D eigenvalue weighted by atomic mass is 16.3. The molecule has 1 aromatic rings. The van der Waals surface area contributed by atoms with E-state index in [1.807, 2.05) is 30.3 Å². The van der Waals surface area contributed by atoms with E-state index in [-0.39, 0.29) is 12.5 Å². The Labute approximate surface area is 89.6 Å². The Hall–Kier alpha value is -1.55. The number of nitrogens with two attached hydrogens (primary N) is 2. The largest absolute Gasteiger partial charge is 0.391 e. The van der Waals surface area contributed by atoms with Crippen LogP contribution in [0.1, 0.15) is 12.0 Å². The molecule has 0 saturated carbocycles. The SMILES string of the molecule is NC(N)=NCC(O)CCc1ccccc1. The number of aliphatic hydroxyl groups excluding tert-OH is 1. The number of guanidine groups is 1. The first-order valence-corrected chi connectivity index (χ1v) is 4.96. The molecule has 1 unspecified atom stereocenters. The number of benzene rings is 1. The number of hydrogen-bond donors (Lipinski definition) is 3. The predicted molar refractivity (Wildman–Crippen MR) is 61.4 cm³/mol. The lowest BCUT2D eigenvalue weighted by Gasteiger charge is -2.07. The van der Waals surface area contributed by atoms with Crippen molar-refractivity contribution < 1.29 is 5.11 Å². The van der Waals surface area contributed by atoms with Crippen molar-refractivity contribution in [1.82, 2.24) is 0 Å². The second kappa shape index (κ2) is 6.03. The summed E-state index contributed by atoms with van der Waals surface area (Å²) in [5.74, 6) is 0.0220. The summed E-state index contributed by atoms with van der Waals surface area (Å²) in [4.78, 5) is 3.76. The first-order valence-electron chi connectivity index (χ1n) is 4.96. The van der Waals surface area contributed by atoms with Crippen molar-refractivity contribution in [1.29, 1.82) is 0 Å². The van der Waals surface area contributed by atoms with Gasteiger partial charge in [0.25, 0.3) is 0 Å². The maximum Gasteiger partial charge on any atom is 0.185 e. The van der Waals surface area contributed by atoms with E-state index in [1.165, 1.54) is 5.56 Å². The monoisotopic (exact) mass is 207 g/mol. The van der Waals surface area contributed by atoms with Crippen LogP contribution in [0.15, 0.2) is 35.3 Å². The lowest BCUT2D eigenvalue weighted by molar-refractivity contribution is 0.173. The first-order chi connectivity index (χ1) is 7.18. The second-order valence-electron chi connectivity index (χ2n) is 3.44. The predicted octanol–water partition coefficient (Wildman–Crippen LogP) is 0.254. The van der Waals surface area contributed by atoms with E-state index in [2.05, 4.69) is 4.99 Å². The van der Waals surface area contributed by atoms with Crippen LogP contribution in [0.3, 0.4) is 0 Å². The highest BCUT2D eigenvalue weighted by Crippen LogP contribution is 2.04. The lowest BCUT2D eigenvalue weighted by Crippen LogP contribution is -2.25. The molecule has 15 heavy (non-hydrogen) atoms. The molecule has 5 N–H and O–H groups in total. The van der Waals surface area contributed by atoms with Gasteiger partial charge >= 0.3 is 0 Å². The summed E-state index contributed by atoms with van der Waals surface area (Å²) in [5, 5.41) is 9.54. The third-order valence-corrected chi connectivity index (χ3v) is 2.09. The average Bonchev–Trinajstić information content (AvgIpc) is 2.25. The molecule has 0 aromatic heterocycles. The highest BCUT2D eigenvalue weighted by Gasteiger charge is 2.03. The van der Waals surface area contributed by atoms with E-state index in [0.29, 0.717) is 6.42 Å². The maximum absolute atomic E-state index is 9.54. The van der Waals surface area contributed by atoms with Gasteiger partial charge in [-0.25, -0.2) is 0 Å². The summed E-state index contributed by atoms with van der Waals surface area (Å²) >= 11 is 0. The maximum atomic E-state index is 9.54. The number of aryl methyl sites for hydroxylation is 1. The zero-order chi connectivity index (χ0) is 11.1. The number of hydrogen-bond acceptors (Lipinski definition) is 2. The molecule has 0 saturated heterocycles. The second-order valence-corrected chi connectivity index (χ2v) is 3.44. The van der Waals surface area contributed by atoms with Crippen LogP contribution in [0.2, 0.25) is 0 Å². The number of rotatable bonds is 5. The number of aliphatic imine (C=N–C) groups is 1. The van der Waals surface area contributed by atoms with Crippen LogP contribution in [-0.4, -0.2) is 23.7 Å². The summed E-state index contributed by atoms with van der Waals surface area (Å²) in [6, 6.07) is 10.0. The fourth-order valence-corrected chi connectivity index (χ4v) is 1.28. The molecule has 0 amide bonds. The minimum atomic E-state index is -0.479. The normalized spacial score (nSPS) is 12.1. The zero-order valence-electron chi connectivity index (χ0n) is 8.63. The summed E-state index contributed by atoms with van der Waals surface area (Å²) in [7, 11) is 0. The van der Waals surface area contributed by atoms with Crippen LogP contribution in [0.5, 0.6) is 0 Å². The molecule has 0 aliphatic carbocycles. The van der Waals surface area contributed by atoms with Gasteiger partial charge in [0.05, 0.1) is 12.6 Å². The van der Waals surface area contributed by atoms with Crippen molar-refractivity contribution in [3.05, 3.63) is 35.9 Å². The van der Waals surface area contributed by atoms with E-state index < -0.39 is 6.10 Å². The van der Waals surface area contributed by atoms with Crippen molar-refractivity contribution in [3.8, 4) is 0 Å². The fourth-order valence-electron chi connectivity index (χ4n) is 1.28. The quantitative estimate of drug-likeness (QED) is 0.478. The van der Waals surface area contributed by atoms with Crippen molar-refractivity contribution in [2.75, 3.05) is 6.54 Å². The molecule has 82 valence electrons. The minimum absolute atomic E-state index is 0.0220. The smallest absolute Gasteiger partial charge is 0.185 e. The molecule has 0 bridgehead atoms. The van der Waals surface area contributed by atoms with Gasteiger partial charge in [-0.3, -0.25) is 4.99 Å². The van der Waals surface area contributed by atoms with Crippen molar-refractivity contribution in [2.24, 2.45) is 16.5 Å². The molecular weight excluding hydrogens is 190 g/mol. The van der Waals surface area contributed by atoms with Crippen LogP contribution in [0.25, 0.3) is 0 Å². The van der Waals surface area contributed by atoms with Crippen molar-refractivity contribution in [2.45, 2.75) is 18.9 Å². The van der Waals surface area contributed by atoms with Gasteiger partial charge in [-0.2, -0.15) is 0 Å². The van der Waals surface area contributed by atoms with Crippen LogP contribution < -0.4 is 11.5 Å². The van der Waals surface area contributed by atoms with Gasteiger partial charge in [0.1, 0.15) is 0 Å². The molecule has 0 spiro atoms. The van der Waals surface area contributed by atoms with Crippen LogP contribution in [0.4, 0.5) is 0 Å². The Kier molecular flexibility index (Phi) is 4.63. The van der Waals surface area contributed by atoms with Gasteiger partial charge in [0.2, 0.25) is 0 Å². The molecule has 0 fully saturated rings. The van der Waals surface area contributed by atoms with Gasteiger partial charge in [-0.1, -0.05) is 30.3 Å². The van der Waals surface area contributed by atoms with Gasteiger partial charge in [0, 0.05) is 0 Å². The third-order valence-electron chi connectivity index (χ3n) is 2.09. The number of aliphatic hydroxyl groups is 1. The van der Waals surface area contributed by atoms with E-state index >= 15 is 0 Å². The lowest BCUT2D eigenvalue weighted by atomic mass is 10.1. The summed E-state index contributed by atoms with van der Waals surface area (Å²) in [5.41, 5.74) is 11.5. The molecular formula is C11H17N3O. The Morgan fingerprint density at radius 2 is 1.93 bits per heavy atom. The summed E-state index contributed by atoms with van der Waals surface area (Å²) in [6.45, 7) is 0.273. The van der Waals surface area contributed by atoms with Crippen LogP contribution in [-0.2, 0) is 6.42 Å². The Balaban J connectivity index is 2.28. The molecule has 1 aromatic carbocycles. The Bertz CT molecular complexity index is 307. The first kappa shape index (κ1) is 11.5. The van der Waals surface area contributed by atoms with Crippen LogP contribution >= 0.6 is 0 Å². The Morgan fingerprint density at radius 1 is 1.27 bits per heavy atom. The van der Waals surface area contributed by atoms with Crippen LogP contribution in [0, 0.1) is 0 Å². The third kappa shape index (κ3) is 5.02.